The standard InChI is InChI=1S/C19H20N4O/c20-12-15-7-3-8-16(11-15)23-19(24)17-9-4-10-21-18(17)22-13-14-5-1-2-6-14/h3-4,7-11,14H,1-2,5-6,13H2,(H,21,22)(H,23,24). The van der Waals surface area contributed by atoms with Crippen LogP contribution in [0.2, 0.25) is 0 Å². The van der Waals surface area contributed by atoms with Gasteiger partial charge < -0.3 is 10.6 Å². The number of hydrogen-bond donors (Lipinski definition) is 2. The topological polar surface area (TPSA) is 77.8 Å². The number of nitriles is 1. The Hall–Kier alpha value is -2.87. The lowest BCUT2D eigenvalue weighted by Gasteiger charge is -2.14. The van der Waals surface area contributed by atoms with Gasteiger partial charge in [0.25, 0.3) is 5.91 Å². The first kappa shape index (κ1) is 16.0. The van der Waals surface area contributed by atoms with Crippen molar-refractivity contribution in [3.63, 3.8) is 0 Å². The van der Waals surface area contributed by atoms with Crippen molar-refractivity contribution in [1.29, 1.82) is 5.26 Å². The fourth-order valence-corrected chi connectivity index (χ4v) is 3.05. The number of nitrogens with zero attached hydrogens (tertiary/aromatic N) is 2. The molecular weight excluding hydrogens is 300 g/mol. The van der Waals surface area contributed by atoms with Crippen molar-refractivity contribution in [3.8, 4) is 6.07 Å². The van der Waals surface area contributed by atoms with Crippen LogP contribution in [0.5, 0.6) is 0 Å². The number of hydrogen-bond acceptors (Lipinski definition) is 4. The molecule has 0 spiro atoms. The number of amides is 1. The van der Waals surface area contributed by atoms with E-state index in [-0.39, 0.29) is 5.91 Å². The Balaban J connectivity index is 1.70. The third-order valence-electron chi connectivity index (χ3n) is 4.33. The largest absolute Gasteiger partial charge is 0.369 e. The SMILES string of the molecule is N#Cc1cccc(NC(=O)c2cccnc2NCC2CCCC2)c1. The molecule has 24 heavy (non-hydrogen) atoms. The maximum absolute atomic E-state index is 12.6. The lowest BCUT2D eigenvalue weighted by Crippen LogP contribution is -2.18. The van der Waals surface area contributed by atoms with E-state index in [2.05, 4.69) is 21.7 Å². The summed E-state index contributed by atoms with van der Waals surface area (Å²) in [6.45, 7) is 0.848. The van der Waals surface area contributed by atoms with Gasteiger partial charge in [0, 0.05) is 18.4 Å². The van der Waals surface area contributed by atoms with Crippen molar-refractivity contribution in [2.24, 2.45) is 5.92 Å². The summed E-state index contributed by atoms with van der Waals surface area (Å²) in [7, 11) is 0. The molecule has 122 valence electrons. The predicted octanol–water partition coefficient (Wildman–Crippen LogP) is 3.81. The summed E-state index contributed by atoms with van der Waals surface area (Å²) in [6.07, 6.45) is 6.74. The molecule has 0 unspecified atom stereocenters. The van der Waals surface area contributed by atoms with E-state index in [0.717, 1.165) is 6.54 Å². The summed E-state index contributed by atoms with van der Waals surface area (Å²) in [5, 5.41) is 15.1. The molecule has 2 aromatic rings. The van der Waals surface area contributed by atoms with Gasteiger partial charge in [0.1, 0.15) is 5.82 Å². The number of carbonyl (C=O) groups is 1. The Kier molecular flexibility index (Phi) is 5.07. The highest BCUT2D eigenvalue weighted by molar-refractivity contribution is 6.07. The summed E-state index contributed by atoms with van der Waals surface area (Å²) >= 11 is 0. The molecule has 1 amide bonds. The average molecular weight is 320 g/mol. The zero-order chi connectivity index (χ0) is 16.8. The van der Waals surface area contributed by atoms with Gasteiger partial charge in [0.05, 0.1) is 17.2 Å². The van der Waals surface area contributed by atoms with Gasteiger partial charge in [-0.2, -0.15) is 5.26 Å². The van der Waals surface area contributed by atoms with Crippen LogP contribution in [0, 0.1) is 17.2 Å². The number of benzene rings is 1. The average Bonchev–Trinajstić information content (AvgIpc) is 3.14. The molecule has 1 fully saturated rings. The van der Waals surface area contributed by atoms with Gasteiger partial charge in [-0.15, -0.1) is 0 Å². The molecule has 1 heterocycles. The van der Waals surface area contributed by atoms with Gasteiger partial charge in [0.15, 0.2) is 0 Å². The maximum Gasteiger partial charge on any atom is 0.259 e. The number of anilines is 2. The van der Waals surface area contributed by atoms with E-state index >= 15 is 0 Å². The molecule has 1 aromatic heterocycles. The van der Waals surface area contributed by atoms with Gasteiger partial charge in [-0.3, -0.25) is 4.79 Å². The predicted molar refractivity (Wildman–Crippen MR) is 93.8 cm³/mol. The molecule has 1 saturated carbocycles. The van der Waals surface area contributed by atoms with E-state index in [9.17, 15) is 4.79 Å². The van der Waals surface area contributed by atoms with E-state index in [1.54, 1.807) is 42.6 Å². The molecule has 5 nitrogen and oxygen atoms in total. The van der Waals surface area contributed by atoms with Crippen molar-refractivity contribution in [2.75, 3.05) is 17.2 Å². The summed E-state index contributed by atoms with van der Waals surface area (Å²) in [4.78, 5) is 16.9. The molecule has 2 N–H and O–H groups in total. The van der Waals surface area contributed by atoms with Crippen LogP contribution in [-0.2, 0) is 0 Å². The lowest BCUT2D eigenvalue weighted by molar-refractivity contribution is 0.102. The fourth-order valence-electron chi connectivity index (χ4n) is 3.05. The van der Waals surface area contributed by atoms with E-state index in [1.165, 1.54) is 25.7 Å². The van der Waals surface area contributed by atoms with Gasteiger partial charge >= 0.3 is 0 Å². The van der Waals surface area contributed by atoms with Crippen LogP contribution in [0.15, 0.2) is 42.6 Å². The zero-order valence-electron chi connectivity index (χ0n) is 13.5. The second-order valence-corrected chi connectivity index (χ2v) is 6.08. The van der Waals surface area contributed by atoms with Crippen LogP contribution in [0.4, 0.5) is 11.5 Å². The van der Waals surface area contributed by atoms with Gasteiger partial charge in [-0.1, -0.05) is 18.9 Å². The molecule has 0 atom stereocenters. The van der Waals surface area contributed by atoms with E-state index < -0.39 is 0 Å². The molecule has 0 bridgehead atoms. The van der Waals surface area contributed by atoms with E-state index in [4.69, 9.17) is 5.26 Å². The van der Waals surface area contributed by atoms with E-state index in [0.29, 0.717) is 28.6 Å². The molecule has 5 heteroatoms. The molecule has 0 saturated heterocycles. The highest BCUT2D eigenvalue weighted by Gasteiger charge is 2.17. The van der Waals surface area contributed by atoms with Crippen molar-refractivity contribution in [1.82, 2.24) is 4.98 Å². The normalized spacial score (nSPS) is 14.1. The first-order valence-corrected chi connectivity index (χ1v) is 8.26. The molecule has 1 aromatic carbocycles. The third kappa shape index (κ3) is 3.90. The molecule has 0 aliphatic heterocycles. The molecule has 0 radical (unpaired) electrons. The smallest absolute Gasteiger partial charge is 0.259 e. The number of rotatable bonds is 5. The highest BCUT2D eigenvalue weighted by Crippen LogP contribution is 2.25. The van der Waals surface area contributed by atoms with Crippen LogP contribution in [0.1, 0.15) is 41.6 Å². The lowest BCUT2D eigenvalue weighted by atomic mass is 10.1. The Morgan fingerprint density at radius 3 is 2.88 bits per heavy atom. The van der Waals surface area contributed by atoms with Gasteiger partial charge in [-0.05, 0) is 49.1 Å². The minimum atomic E-state index is -0.230. The van der Waals surface area contributed by atoms with Crippen LogP contribution in [0.3, 0.4) is 0 Å². The minimum Gasteiger partial charge on any atom is -0.369 e. The first-order valence-electron chi connectivity index (χ1n) is 8.26. The molecular formula is C19H20N4O. The molecule has 3 rings (SSSR count). The maximum atomic E-state index is 12.6. The Labute approximate surface area is 141 Å². The minimum absolute atomic E-state index is 0.230. The van der Waals surface area contributed by atoms with E-state index in [1.807, 2.05) is 0 Å². The second-order valence-electron chi connectivity index (χ2n) is 6.08. The van der Waals surface area contributed by atoms with Gasteiger partial charge in [0.2, 0.25) is 0 Å². The van der Waals surface area contributed by atoms with Crippen LogP contribution in [0.25, 0.3) is 0 Å². The second kappa shape index (κ2) is 7.60. The summed E-state index contributed by atoms with van der Waals surface area (Å²) < 4.78 is 0. The third-order valence-corrected chi connectivity index (χ3v) is 4.33. The summed E-state index contributed by atoms with van der Waals surface area (Å²) in [5.74, 6) is 1.04. The monoisotopic (exact) mass is 320 g/mol. The molecule has 1 aliphatic carbocycles. The Bertz CT molecular complexity index is 760. The van der Waals surface area contributed by atoms with Crippen molar-refractivity contribution >= 4 is 17.4 Å². The number of nitrogens with one attached hydrogen (secondary N) is 2. The fraction of sp³-hybridized carbons (Fsp3) is 0.316. The summed E-state index contributed by atoms with van der Waals surface area (Å²) in [6, 6.07) is 12.4. The summed E-state index contributed by atoms with van der Waals surface area (Å²) in [5.41, 5.74) is 1.63. The van der Waals surface area contributed by atoms with Crippen molar-refractivity contribution in [3.05, 3.63) is 53.7 Å². The van der Waals surface area contributed by atoms with Crippen LogP contribution in [-0.4, -0.2) is 17.4 Å². The van der Waals surface area contributed by atoms with Crippen LogP contribution < -0.4 is 10.6 Å². The Morgan fingerprint density at radius 2 is 2.08 bits per heavy atom. The highest BCUT2D eigenvalue weighted by atomic mass is 16.1. The van der Waals surface area contributed by atoms with Crippen molar-refractivity contribution < 1.29 is 4.79 Å². The van der Waals surface area contributed by atoms with Crippen molar-refractivity contribution in [2.45, 2.75) is 25.7 Å². The quantitative estimate of drug-likeness (QED) is 0.878. The molecule has 1 aliphatic rings. The number of carbonyl (C=O) groups excluding carboxylic acids is 1. The number of pyridine rings is 1. The number of aromatic nitrogens is 1. The Morgan fingerprint density at radius 1 is 1.25 bits per heavy atom. The first-order chi connectivity index (χ1) is 11.8. The van der Waals surface area contributed by atoms with Crippen LogP contribution >= 0.6 is 0 Å². The van der Waals surface area contributed by atoms with Gasteiger partial charge in [-0.25, -0.2) is 4.98 Å². The zero-order valence-corrected chi connectivity index (χ0v) is 13.5.